The molecule has 0 aliphatic rings. The quantitative estimate of drug-likeness (QED) is 0.370. The van der Waals surface area contributed by atoms with Crippen LogP contribution in [0.3, 0.4) is 0 Å². The minimum Gasteiger partial charge on any atom is -0.288 e. The second-order valence-corrected chi connectivity index (χ2v) is 4.34. The molecule has 0 spiro atoms. The summed E-state index contributed by atoms with van der Waals surface area (Å²) in [6, 6.07) is 7.70. The first-order valence-electron chi connectivity index (χ1n) is 5.95. The molecule has 0 saturated carbocycles. The number of nitrogens with zero attached hydrogens (tertiary/aromatic N) is 3. The molecule has 1 heterocycles. The van der Waals surface area contributed by atoms with Crippen LogP contribution < -0.4 is 0 Å². The minimum atomic E-state index is -0.461. The number of carbonyl (C=O) groups is 1. The highest BCUT2D eigenvalue weighted by Crippen LogP contribution is 2.13. The number of non-ortho nitro benzene ring substituents is 1. The number of rotatable bonds is 4. The lowest BCUT2D eigenvalue weighted by molar-refractivity contribution is -0.384. The van der Waals surface area contributed by atoms with Gasteiger partial charge in [-0.15, -0.1) is 0 Å². The summed E-state index contributed by atoms with van der Waals surface area (Å²) >= 11 is 0. The van der Waals surface area contributed by atoms with Crippen molar-refractivity contribution in [1.29, 1.82) is 0 Å². The Bertz CT molecular complexity index is 684. The van der Waals surface area contributed by atoms with Gasteiger partial charge in [0.25, 0.3) is 5.69 Å². The molecule has 0 N–H and O–H groups in total. The molecule has 0 unspecified atom stereocenters. The van der Waals surface area contributed by atoms with Gasteiger partial charge in [-0.1, -0.05) is 6.08 Å². The molecule has 0 atom stereocenters. The van der Waals surface area contributed by atoms with E-state index in [1.54, 1.807) is 31.3 Å². The van der Waals surface area contributed by atoms with E-state index < -0.39 is 4.92 Å². The Kier molecular flexibility index (Phi) is 3.74. The van der Waals surface area contributed by atoms with Crippen LogP contribution in [-0.2, 0) is 7.05 Å². The highest BCUT2D eigenvalue weighted by Gasteiger charge is 2.08. The van der Waals surface area contributed by atoms with Crippen molar-refractivity contribution in [2.75, 3.05) is 0 Å². The number of aryl methyl sites for hydroxylation is 2. The van der Waals surface area contributed by atoms with Crippen LogP contribution in [0.4, 0.5) is 5.69 Å². The topological polar surface area (TPSA) is 78.0 Å². The van der Waals surface area contributed by atoms with Gasteiger partial charge < -0.3 is 0 Å². The molecule has 2 rings (SSSR count). The zero-order chi connectivity index (χ0) is 14.7. The standard InChI is InChI=1S/C14H13N3O3/c1-10-9-13(16(2)15-10)14(18)8-5-11-3-6-12(7-4-11)17(19)20/h3-9H,1-2H3/b8-5+. The van der Waals surface area contributed by atoms with Crippen molar-refractivity contribution in [2.24, 2.45) is 7.05 Å². The smallest absolute Gasteiger partial charge is 0.269 e. The van der Waals surface area contributed by atoms with E-state index in [0.717, 1.165) is 11.3 Å². The summed E-state index contributed by atoms with van der Waals surface area (Å²) in [5, 5.41) is 14.6. The highest BCUT2D eigenvalue weighted by atomic mass is 16.6. The van der Waals surface area contributed by atoms with Gasteiger partial charge in [-0.05, 0) is 36.8 Å². The number of allylic oxidation sites excluding steroid dienone is 1. The number of ketones is 1. The third-order valence-corrected chi connectivity index (χ3v) is 2.79. The summed E-state index contributed by atoms with van der Waals surface area (Å²) < 4.78 is 1.53. The lowest BCUT2D eigenvalue weighted by Gasteiger charge is -1.96. The maximum absolute atomic E-state index is 12.0. The van der Waals surface area contributed by atoms with Gasteiger partial charge in [-0.2, -0.15) is 5.10 Å². The van der Waals surface area contributed by atoms with Crippen LogP contribution in [0.1, 0.15) is 21.7 Å². The van der Waals surface area contributed by atoms with E-state index in [2.05, 4.69) is 5.10 Å². The van der Waals surface area contributed by atoms with Gasteiger partial charge in [0.05, 0.1) is 10.6 Å². The molecule has 0 radical (unpaired) electrons. The molecule has 2 aromatic rings. The summed E-state index contributed by atoms with van der Waals surface area (Å²) in [5.41, 5.74) is 2.03. The third kappa shape index (κ3) is 2.97. The lowest BCUT2D eigenvalue weighted by atomic mass is 10.1. The summed E-state index contributed by atoms with van der Waals surface area (Å²) in [6.07, 6.45) is 3.05. The van der Waals surface area contributed by atoms with E-state index in [0.29, 0.717) is 5.69 Å². The van der Waals surface area contributed by atoms with Crippen molar-refractivity contribution in [1.82, 2.24) is 9.78 Å². The van der Waals surface area contributed by atoms with Gasteiger partial charge in [-0.25, -0.2) is 0 Å². The Labute approximate surface area is 115 Å². The van der Waals surface area contributed by atoms with E-state index >= 15 is 0 Å². The van der Waals surface area contributed by atoms with Gasteiger partial charge >= 0.3 is 0 Å². The number of carbonyl (C=O) groups excluding carboxylic acids is 1. The van der Waals surface area contributed by atoms with E-state index in [1.807, 2.05) is 6.92 Å². The van der Waals surface area contributed by atoms with Crippen LogP contribution >= 0.6 is 0 Å². The first kappa shape index (κ1) is 13.7. The second-order valence-electron chi connectivity index (χ2n) is 4.34. The predicted molar refractivity (Wildman–Crippen MR) is 74.4 cm³/mol. The average Bonchev–Trinajstić information content (AvgIpc) is 2.75. The van der Waals surface area contributed by atoms with Crippen LogP contribution in [0, 0.1) is 17.0 Å². The molecule has 0 fully saturated rings. The number of aromatic nitrogens is 2. The summed E-state index contributed by atoms with van der Waals surface area (Å²) in [7, 11) is 1.71. The molecule has 102 valence electrons. The molecule has 6 heteroatoms. The van der Waals surface area contributed by atoms with Crippen LogP contribution in [-0.4, -0.2) is 20.5 Å². The maximum atomic E-state index is 12.0. The molecule has 0 aliphatic carbocycles. The molecule has 0 amide bonds. The fourth-order valence-electron chi connectivity index (χ4n) is 1.81. The van der Waals surface area contributed by atoms with Gasteiger partial charge in [0.15, 0.2) is 0 Å². The Morgan fingerprint density at radius 1 is 1.35 bits per heavy atom. The summed E-state index contributed by atoms with van der Waals surface area (Å²) in [5.74, 6) is -0.161. The largest absolute Gasteiger partial charge is 0.288 e. The summed E-state index contributed by atoms with van der Waals surface area (Å²) in [4.78, 5) is 22.0. The fourth-order valence-corrected chi connectivity index (χ4v) is 1.81. The van der Waals surface area contributed by atoms with Crippen molar-refractivity contribution >= 4 is 17.5 Å². The van der Waals surface area contributed by atoms with Gasteiger partial charge in [-0.3, -0.25) is 19.6 Å². The van der Waals surface area contributed by atoms with E-state index in [4.69, 9.17) is 0 Å². The zero-order valence-electron chi connectivity index (χ0n) is 11.1. The molecule has 20 heavy (non-hydrogen) atoms. The third-order valence-electron chi connectivity index (χ3n) is 2.79. The van der Waals surface area contributed by atoms with Crippen molar-refractivity contribution in [3.05, 3.63) is 63.5 Å². The molecular formula is C14H13N3O3. The van der Waals surface area contributed by atoms with Crippen molar-refractivity contribution in [2.45, 2.75) is 6.92 Å². The van der Waals surface area contributed by atoms with Crippen molar-refractivity contribution in [3.63, 3.8) is 0 Å². The fraction of sp³-hybridized carbons (Fsp3) is 0.143. The van der Waals surface area contributed by atoms with E-state index in [1.165, 1.54) is 22.9 Å². The minimum absolute atomic E-state index is 0.0238. The molecular weight excluding hydrogens is 258 g/mol. The lowest BCUT2D eigenvalue weighted by Crippen LogP contribution is -2.03. The summed E-state index contributed by atoms with van der Waals surface area (Å²) in [6.45, 7) is 1.82. The first-order valence-corrected chi connectivity index (χ1v) is 5.95. The highest BCUT2D eigenvalue weighted by molar-refractivity contribution is 6.05. The Balaban J connectivity index is 2.15. The second kappa shape index (κ2) is 5.48. The Morgan fingerprint density at radius 2 is 2.00 bits per heavy atom. The van der Waals surface area contributed by atoms with Crippen LogP contribution in [0.25, 0.3) is 6.08 Å². The molecule has 0 bridgehead atoms. The van der Waals surface area contributed by atoms with Gasteiger partial charge in [0.1, 0.15) is 5.69 Å². The first-order chi connectivity index (χ1) is 9.47. The number of nitro groups is 1. The number of hydrogen-bond acceptors (Lipinski definition) is 4. The monoisotopic (exact) mass is 271 g/mol. The maximum Gasteiger partial charge on any atom is 0.269 e. The van der Waals surface area contributed by atoms with Crippen LogP contribution in [0.15, 0.2) is 36.4 Å². The predicted octanol–water partition coefficient (Wildman–Crippen LogP) is 2.53. The molecule has 0 saturated heterocycles. The number of hydrogen-bond donors (Lipinski definition) is 0. The van der Waals surface area contributed by atoms with Crippen LogP contribution in [0.2, 0.25) is 0 Å². The average molecular weight is 271 g/mol. The van der Waals surface area contributed by atoms with Crippen LogP contribution in [0.5, 0.6) is 0 Å². The zero-order valence-corrected chi connectivity index (χ0v) is 11.1. The van der Waals surface area contributed by atoms with Crippen molar-refractivity contribution < 1.29 is 9.72 Å². The Hall–Kier alpha value is -2.76. The number of benzene rings is 1. The normalized spacial score (nSPS) is 10.9. The molecule has 1 aromatic heterocycles. The van der Waals surface area contributed by atoms with E-state index in [9.17, 15) is 14.9 Å². The SMILES string of the molecule is Cc1cc(C(=O)/C=C/c2ccc([N+](=O)[O-])cc2)n(C)n1. The molecule has 6 nitrogen and oxygen atoms in total. The van der Waals surface area contributed by atoms with Gasteiger partial charge in [0, 0.05) is 19.2 Å². The van der Waals surface area contributed by atoms with Gasteiger partial charge in [0.2, 0.25) is 5.78 Å². The Morgan fingerprint density at radius 3 is 2.50 bits per heavy atom. The van der Waals surface area contributed by atoms with E-state index in [-0.39, 0.29) is 11.5 Å². The molecule has 0 aliphatic heterocycles. The molecule has 1 aromatic carbocycles. The number of nitro benzene ring substituents is 1. The van der Waals surface area contributed by atoms with Crippen molar-refractivity contribution in [3.8, 4) is 0 Å².